The fourth-order valence-electron chi connectivity index (χ4n) is 3.72. The highest BCUT2D eigenvalue weighted by Gasteiger charge is 2.25. The molecule has 2 amide bonds. The second-order valence-electron chi connectivity index (χ2n) is 8.95. The van der Waals surface area contributed by atoms with Crippen molar-refractivity contribution in [1.29, 1.82) is 0 Å². The Balaban J connectivity index is 2.04. The van der Waals surface area contributed by atoms with Crippen molar-refractivity contribution in [3.63, 3.8) is 0 Å². The molecule has 1 aliphatic heterocycles. The topological polar surface area (TPSA) is 91.9 Å². The maximum Gasteiger partial charge on any atom is 0.317 e. The fourth-order valence-corrected chi connectivity index (χ4v) is 3.72. The van der Waals surface area contributed by atoms with Crippen molar-refractivity contribution in [2.45, 2.75) is 52.6 Å². The largest absolute Gasteiger partial charge is 0.493 e. The molecule has 1 aromatic carbocycles. The van der Waals surface area contributed by atoms with E-state index in [0.717, 1.165) is 37.2 Å². The van der Waals surface area contributed by atoms with Crippen LogP contribution in [0.5, 0.6) is 5.75 Å². The second-order valence-corrected chi connectivity index (χ2v) is 8.95. The van der Waals surface area contributed by atoms with Crippen molar-refractivity contribution in [2.75, 3.05) is 33.3 Å². The molecule has 1 saturated heterocycles. The van der Waals surface area contributed by atoms with Gasteiger partial charge in [0, 0.05) is 51.8 Å². The number of amides is 2. The number of rotatable bonds is 12. The van der Waals surface area contributed by atoms with E-state index in [0.29, 0.717) is 25.6 Å². The molecule has 1 fully saturated rings. The normalized spacial score (nSPS) is 15.0. The highest BCUT2D eigenvalue weighted by Crippen LogP contribution is 2.18. The number of piperidine rings is 1. The highest BCUT2D eigenvalue weighted by atomic mass is 19.1. The van der Waals surface area contributed by atoms with Gasteiger partial charge in [-0.3, -0.25) is 4.79 Å². The number of hydrogen-bond donors (Lipinski definition) is 3. The van der Waals surface area contributed by atoms with Crippen LogP contribution in [-0.2, 0) is 16.1 Å². The number of carbonyl (C=O) groups is 2. The molecule has 35 heavy (non-hydrogen) atoms. The summed E-state index contributed by atoms with van der Waals surface area (Å²) in [6.07, 6.45) is 4.18. The Labute approximate surface area is 207 Å². The Morgan fingerprint density at radius 2 is 1.91 bits per heavy atom. The number of nitrogens with zero attached hydrogens (tertiary/aromatic N) is 1. The van der Waals surface area contributed by atoms with E-state index in [1.54, 1.807) is 11.9 Å². The third kappa shape index (κ3) is 10.8. The Kier molecular flexibility index (Phi) is 12.1. The first kappa shape index (κ1) is 28.2. The second kappa shape index (κ2) is 15.0. The molecule has 0 aliphatic carbocycles. The Morgan fingerprint density at radius 1 is 1.23 bits per heavy atom. The van der Waals surface area contributed by atoms with Crippen LogP contribution >= 0.6 is 0 Å². The van der Waals surface area contributed by atoms with Crippen LogP contribution in [0.25, 0.3) is 0 Å². The summed E-state index contributed by atoms with van der Waals surface area (Å²) >= 11 is 0. The van der Waals surface area contributed by atoms with Crippen molar-refractivity contribution < 1.29 is 23.5 Å². The maximum absolute atomic E-state index is 14.0. The van der Waals surface area contributed by atoms with Crippen LogP contribution in [0.4, 0.5) is 9.18 Å². The van der Waals surface area contributed by atoms with Gasteiger partial charge in [-0.05, 0) is 49.5 Å². The maximum atomic E-state index is 14.0. The van der Waals surface area contributed by atoms with E-state index in [-0.39, 0.29) is 24.3 Å². The average Bonchev–Trinajstić information content (AvgIpc) is 2.82. The van der Waals surface area contributed by atoms with Gasteiger partial charge in [0.15, 0.2) is 0 Å². The van der Waals surface area contributed by atoms with Gasteiger partial charge in [-0.1, -0.05) is 26.0 Å². The summed E-state index contributed by atoms with van der Waals surface area (Å²) in [5.41, 5.74) is 0.959. The van der Waals surface area contributed by atoms with Crippen LogP contribution in [0.3, 0.4) is 0 Å². The Hall–Kier alpha value is -3.07. The summed E-state index contributed by atoms with van der Waals surface area (Å²) in [6, 6.07) is 7.51. The Morgan fingerprint density at radius 3 is 2.51 bits per heavy atom. The van der Waals surface area contributed by atoms with Crippen molar-refractivity contribution >= 4 is 12.0 Å². The molecule has 8 nitrogen and oxygen atoms in total. The van der Waals surface area contributed by atoms with Crippen molar-refractivity contribution in [1.82, 2.24) is 20.9 Å². The van der Waals surface area contributed by atoms with Gasteiger partial charge in [0.2, 0.25) is 0 Å². The third-order valence-electron chi connectivity index (χ3n) is 5.42. The first-order chi connectivity index (χ1) is 16.8. The summed E-state index contributed by atoms with van der Waals surface area (Å²) in [5, 5.41) is 8.90. The third-order valence-corrected chi connectivity index (χ3v) is 5.42. The smallest absolute Gasteiger partial charge is 0.317 e. The van der Waals surface area contributed by atoms with Gasteiger partial charge in [-0.25, -0.2) is 9.18 Å². The minimum absolute atomic E-state index is 0.0411. The van der Waals surface area contributed by atoms with Crippen LogP contribution in [0.15, 0.2) is 48.1 Å². The minimum Gasteiger partial charge on any atom is -0.493 e. The molecule has 0 unspecified atom stereocenters. The van der Waals surface area contributed by atoms with E-state index in [1.165, 1.54) is 19.2 Å². The first-order valence-corrected chi connectivity index (χ1v) is 12.2. The fraction of sp³-hybridized carbons (Fsp3) is 0.538. The van der Waals surface area contributed by atoms with E-state index < -0.39 is 11.8 Å². The van der Waals surface area contributed by atoms with E-state index in [4.69, 9.17) is 9.47 Å². The minimum atomic E-state index is -0.567. The molecule has 9 heteroatoms. The van der Waals surface area contributed by atoms with Crippen molar-refractivity contribution in [3.8, 4) is 5.75 Å². The van der Waals surface area contributed by atoms with E-state index in [9.17, 15) is 14.0 Å². The molecule has 0 spiro atoms. The van der Waals surface area contributed by atoms with Crippen molar-refractivity contribution in [3.05, 3.63) is 53.7 Å². The number of nitrogens with one attached hydrogen (secondary N) is 3. The SMILES string of the molecule is CN/C=C(F)\C=C(/CCN(C(=O)NCc1ccc(OCC(C)C)cc1)C1CCNCC1)OC(C)=O. The molecular weight excluding hydrogens is 451 g/mol. The zero-order chi connectivity index (χ0) is 25.6. The van der Waals surface area contributed by atoms with Crippen LogP contribution in [0.2, 0.25) is 0 Å². The van der Waals surface area contributed by atoms with Gasteiger partial charge in [-0.15, -0.1) is 0 Å². The summed E-state index contributed by atoms with van der Waals surface area (Å²) in [5.74, 6) is 0.316. The van der Waals surface area contributed by atoms with Crippen molar-refractivity contribution in [2.24, 2.45) is 5.92 Å². The number of ether oxygens (including phenoxy) is 2. The Bertz CT molecular complexity index is 865. The molecule has 1 aliphatic rings. The van der Waals surface area contributed by atoms with Gasteiger partial charge in [0.05, 0.1) is 6.61 Å². The van der Waals surface area contributed by atoms with Crippen LogP contribution in [-0.4, -0.2) is 56.2 Å². The summed E-state index contributed by atoms with van der Waals surface area (Å²) in [7, 11) is 1.58. The molecule has 0 bridgehead atoms. The van der Waals surface area contributed by atoms with Gasteiger partial charge >= 0.3 is 12.0 Å². The lowest BCUT2D eigenvalue weighted by Crippen LogP contribution is -2.50. The lowest BCUT2D eigenvalue weighted by atomic mass is 10.0. The van der Waals surface area contributed by atoms with Crippen LogP contribution in [0, 0.1) is 5.92 Å². The van der Waals surface area contributed by atoms with Gasteiger partial charge in [0.1, 0.15) is 17.3 Å². The first-order valence-electron chi connectivity index (χ1n) is 12.2. The average molecular weight is 491 g/mol. The van der Waals surface area contributed by atoms with E-state index >= 15 is 0 Å². The van der Waals surface area contributed by atoms with Crippen LogP contribution < -0.4 is 20.7 Å². The van der Waals surface area contributed by atoms with Gasteiger partial charge < -0.3 is 30.3 Å². The predicted molar refractivity (Wildman–Crippen MR) is 134 cm³/mol. The highest BCUT2D eigenvalue weighted by molar-refractivity contribution is 5.74. The zero-order valence-corrected chi connectivity index (χ0v) is 21.2. The molecular formula is C26H39FN4O4. The molecule has 1 heterocycles. The molecule has 0 radical (unpaired) electrons. The quantitative estimate of drug-likeness (QED) is 0.234. The molecule has 2 rings (SSSR count). The summed E-state index contributed by atoms with van der Waals surface area (Å²) in [4.78, 5) is 26.4. The standard InChI is InChI=1S/C26H39FN4O4/c1-19(2)18-34-24-7-5-21(6-8-24)16-30-26(33)31(23-9-12-29-13-10-23)14-11-25(35-20(3)32)15-22(27)17-28-4/h5-8,15,17,19,23,28-29H,9-14,16,18H2,1-4H3,(H,30,33)/b22-17+,25-15+. The number of hydrogen-bond acceptors (Lipinski definition) is 6. The lowest BCUT2D eigenvalue weighted by molar-refractivity contribution is -0.137. The van der Waals surface area contributed by atoms with E-state index in [1.807, 2.05) is 24.3 Å². The van der Waals surface area contributed by atoms with E-state index in [2.05, 4.69) is 29.8 Å². The number of urea groups is 1. The number of halogens is 1. The number of esters is 1. The van der Waals surface area contributed by atoms with Gasteiger partial charge in [0.25, 0.3) is 0 Å². The molecule has 3 N–H and O–H groups in total. The molecule has 0 atom stereocenters. The van der Waals surface area contributed by atoms with Crippen LogP contribution in [0.1, 0.15) is 45.6 Å². The predicted octanol–water partition coefficient (Wildman–Crippen LogP) is 3.85. The molecule has 194 valence electrons. The number of benzene rings is 1. The number of carbonyl (C=O) groups excluding carboxylic acids is 2. The molecule has 1 aromatic rings. The summed E-state index contributed by atoms with van der Waals surface area (Å²) < 4.78 is 24.9. The van der Waals surface area contributed by atoms with Gasteiger partial charge in [-0.2, -0.15) is 0 Å². The summed E-state index contributed by atoms with van der Waals surface area (Å²) in [6.45, 7) is 8.42. The number of allylic oxidation sites excluding steroid dienone is 2. The molecule has 0 aromatic heterocycles. The lowest BCUT2D eigenvalue weighted by Gasteiger charge is -2.35. The monoisotopic (exact) mass is 490 g/mol. The molecule has 0 saturated carbocycles. The zero-order valence-electron chi connectivity index (χ0n) is 21.2.